The summed E-state index contributed by atoms with van der Waals surface area (Å²) >= 11 is 0. The molecule has 1 fully saturated rings. The molecule has 1 aliphatic carbocycles. The number of rotatable bonds is 5. The lowest BCUT2D eigenvalue weighted by atomic mass is 9.73. The van der Waals surface area contributed by atoms with Crippen LogP contribution in [0.1, 0.15) is 68.3 Å². The third kappa shape index (κ3) is 13.2. The van der Waals surface area contributed by atoms with Crippen LogP contribution < -0.4 is 16.0 Å². The molecule has 0 bridgehead atoms. The maximum Gasteiger partial charge on any atom is 0.271 e. The van der Waals surface area contributed by atoms with Crippen molar-refractivity contribution in [3.8, 4) is 119 Å². The van der Waals surface area contributed by atoms with Crippen molar-refractivity contribution < 1.29 is 19.1 Å². The van der Waals surface area contributed by atoms with Gasteiger partial charge in [0.1, 0.15) is 16.8 Å². The average molecular weight is 782 g/mol. The second-order valence-corrected chi connectivity index (χ2v) is 11.4. The number of amides is 1. The molecule has 2 aliphatic heterocycles. The van der Waals surface area contributed by atoms with E-state index in [-0.39, 0.29) is 31.6 Å². The Balaban J connectivity index is -0.000000139. The average Bonchev–Trinajstić information content (AvgIpc) is 3.78. The minimum Gasteiger partial charge on any atom is -0.355 e. The van der Waals surface area contributed by atoms with Gasteiger partial charge >= 0.3 is 0 Å². The van der Waals surface area contributed by atoms with Crippen molar-refractivity contribution in [2.45, 2.75) is 45.7 Å². The SMILES string of the molecule is C#CC#CC#CC#CC#CC#CC#CC#CC#CC#CC.CNC(=O)C1=NCc2nc(N3CCC4(CC3)Cc3ccccc3[C@H]4N)c(C)nc21.N=N/N=N/N=N/N=O.[HH].[HH].[HH].[HH].[HH].[HH].[HH].[HH].[HH].[HH]. The number of carbonyl (C=O) groups excluding carboxylic acids is 1. The number of aromatic nitrogens is 2. The molecule has 3 aliphatic rings. The highest BCUT2D eigenvalue weighted by atomic mass is 16.3. The summed E-state index contributed by atoms with van der Waals surface area (Å²) in [6.45, 7) is 5.90. The predicted octanol–water partition coefficient (Wildman–Crippen LogP) is 6.24. The van der Waals surface area contributed by atoms with Gasteiger partial charge in [-0.25, -0.2) is 9.97 Å². The minimum absolute atomic E-state index is 0. The molecule has 15 heteroatoms. The lowest BCUT2D eigenvalue weighted by molar-refractivity contribution is -0.114. The van der Waals surface area contributed by atoms with Crippen molar-refractivity contribution in [3.63, 3.8) is 0 Å². The lowest BCUT2D eigenvalue weighted by Gasteiger charge is -2.43. The summed E-state index contributed by atoms with van der Waals surface area (Å²) < 4.78 is 0. The first-order valence-electron chi connectivity index (χ1n) is 16.9. The largest absolute Gasteiger partial charge is 0.355 e. The van der Waals surface area contributed by atoms with Gasteiger partial charge in [-0.15, -0.1) is 11.3 Å². The van der Waals surface area contributed by atoms with Crippen molar-refractivity contribution in [3.05, 3.63) is 57.4 Å². The highest BCUT2D eigenvalue weighted by Crippen LogP contribution is 2.51. The van der Waals surface area contributed by atoms with Gasteiger partial charge in [-0.3, -0.25) is 9.79 Å². The summed E-state index contributed by atoms with van der Waals surface area (Å²) in [5, 5.41) is 17.6. The van der Waals surface area contributed by atoms with E-state index in [0.29, 0.717) is 18.0 Å². The summed E-state index contributed by atoms with van der Waals surface area (Å²) in [5.41, 5.74) is 18.2. The Morgan fingerprint density at radius 1 is 0.879 bits per heavy atom. The van der Waals surface area contributed by atoms with Gasteiger partial charge in [0, 0.05) is 62.7 Å². The van der Waals surface area contributed by atoms with Crippen LogP contribution >= 0.6 is 0 Å². The standard InChI is InChI=1S/C22H26N6O.C21H4.HN7O.10H2/c1-13-20(27-16-12-25-18(17(16)26-13)21(29)24-2)28-9-7-22(8-10-28)11-14-5-3-4-6-15(14)19(22)23;1-3-5-7-9-11-13-15-17-19-21-20-18-16-14-12-10-8-6-4-2;1-2-3-4-5-6-7-8;;;;;;;;;;/h3-6,19H,7-12,23H2,1-2H3,(H,24,29);1H,2H3;1H;10*1H/b;;2-1?,4-3+,6-5+;;;;;;;;;;/t19-;;;;;;;;;;;;/m1............/s1. The highest BCUT2D eigenvalue weighted by molar-refractivity contribution is 6.45. The molecule has 300 valence electrons. The third-order valence-corrected chi connectivity index (χ3v) is 8.22. The van der Waals surface area contributed by atoms with E-state index < -0.39 is 0 Å². The van der Waals surface area contributed by atoms with Gasteiger partial charge in [-0.05, 0) is 160 Å². The number of aliphatic imine (C=N–C) groups is 1. The zero-order chi connectivity index (χ0) is 41.9. The zero-order valence-corrected chi connectivity index (χ0v) is 31.6. The number of carbonyl (C=O) groups is 1. The summed E-state index contributed by atoms with van der Waals surface area (Å²) in [5.74, 6) is 47.6. The first-order chi connectivity index (χ1) is 28.3. The number of anilines is 1. The number of hydrogen-bond acceptors (Lipinski definition) is 8. The smallest absolute Gasteiger partial charge is 0.271 e. The molecule has 0 radical (unpaired) electrons. The molecule has 2 aromatic rings. The number of fused-ring (bicyclic) bond motifs is 2. The fraction of sp³-hybridized carbons (Fsp3) is 0.256. The van der Waals surface area contributed by atoms with Crippen molar-refractivity contribution in [1.82, 2.24) is 15.3 Å². The number of nitrogens with one attached hydrogen (secondary N) is 2. The Morgan fingerprint density at radius 2 is 1.43 bits per heavy atom. The summed E-state index contributed by atoms with van der Waals surface area (Å²) in [6, 6.07) is 8.71. The molecule has 15 nitrogen and oxygen atoms in total. The van der Waals surface area contributed by atoms with E-state index in [9.17, 15) is 4.79 Å². The Labute approximate surface area is 351 Å². The Bertz CT molecular complexity index is 2670. The maximum absolute atomic E-state index is 12.0. The summed E-state index contributed by atoms with van der Waals surface area (Å²) in [4.78, 5) is 37.3. The number of nitroso groups, excluding NO2 is 1. The van der Waals surface area contributed by atoms with E-state index in [1.807, 2.05) is 12.2 Å². The van der Waals surface area contributed by atoms with E-state index in [1.165, 1.54) is 11.1 Å². The fourth-order valence-corrected chi connectivity index (χ4v) is 5.78. The monoisotopic (exact) mass is 781 g/mol. The van der Waals surface area contributed by atoms with Crippen LogP contribution in [0.25, 0.3) is 0 Å². The van der Waals surface area contributed by atoms with Crippen LogP contribution in [0.5, 0.6) is 0 Å². The summed E-state index contributed by atoms with van der Waals surface area (Å²) in [6.07, 6.45) is 8.05. The third-order valence-electron chi connectivity index (χ3n) is 8.22. The quantitative estimate of drug-likeness (QED) is 0.138. The predicted molar refractivity (Wildman–Crippen MR) is 238 cm³/mol. The van der Waals surface area contributed by atoms with Gasteiger partial charge in [0.05, 0.1) is 17.9 Å². The van der Waals surface area contributed by atoms with Gasteiger partial charge in [0.15, 0.2) is 5.71 Å². The van der Waals surface area contributed by atoms with Crippen LogP contribution in [0.15, 0.2) is 60.7 Å². The minimum atomic E-state index is -0.208. The number of terminal acetylenes is 1. The van der Waals surface area contributed by atoms with Gasteiger partial charge in [-0.1, -0.05) is 30.2 Å². The number of nitrogens with zero attached hydrogens (tertiary/aromatic N) is 10. The molecule has 1 spiro atoms. The molecule has 0 unspecified atom stereocenters. The fourth-order valence-electron chi connectivity index (χ4n) is 5.78. The van der Waals surface area contributed by atoms with E-state index in [0.717, 1.165) is 49.6 Å². The molecule has 1 aromatic carbocycles. The van der Waals surface area contributed by atoms with Gasteiger partial charge < -0.3 is 16.0 Å². The van der Waals surface area contributed by atoms with Crippen molar-refractivity contribution >= 4 is 17.4 Å². The first-order valence-corrected chi connectivity index (χ1v) is 16.9. The normalized spacial score (nSPS) is 13.7. The van der Waals surface area contributed by atoms with Crippen LogP contribution in [0.4, 0.5) is 5.82 Å². The molecule has 3 heterocycles. The van der Waals surface area contributed by atoms with Crippen molar-refractivity contribution in [2.75, 3.05) is 25.0 Å². The zero-order valence-electron chi connectivity index (χ0n) is 31.6. The van der Waals surface area contributed by atoms with Gasteiger partial charge in [0.2, 0.25) is 0 Å². The number of aryl methyl sites for hydroxylation is 1. The molecule has 0 saturated carbocycles. The Hall–Kier alpha value is -8.80. The number of piperidine rings is 1. The number of benzene rings is 1. The van der Waals surface area contributed by atoms with Crippen molar-refractivity contribution in [1.29, 1.82) is 5.53 Å². The molecule has 1 aromatic heterocycles. The van der Waals surface area contributed by atoms with E-state index in [4.69, 9.17) is 32.6 Å². The van der Waals surface area contributed by atoms with E-state index in [2.05, 4.69) is 178 Å². The topological polar surface area (TPSA) is 212 Å². The molecule has 5 rings (SSSR count). The highest BCUT2D eigenvalue weighted by Gasteiger charge is 2.46. The molecule has 1 atom stereocenters. The molecule has 1 amide bonds. The van der Waals surface area contributed by atoms with Crippen LogP contribution in [0.3, 0.4) is 0 Å². The maximum atomic E-state index is 12.0. The number of hydrogen-bond donors (Lipinski definition) is 3. The Kier molecular flexibility index (Phi) is 18.4. The van der Waals surface area contributed by atoms with Crippen molar-refractivity contribution in [2.24, 2.45) is 47.5 Å². The molecular weight excluding hydrogens is 731 g/mol. The number of nitrogens with two attached hydrogens (primary N) is 1. The van der Waals surface area contributed by atoms with E-state index in [1.54, 1.807) is 14.0 Å². The van der Waals surface area contributed by atoms with Crippen LogP contribution in [0.2, 0.25) is 0 Å². The number of likely N-dealkylation sites (N-methyl/N-ethyl adjacent to an activating group) is 1. The second-order valence-electron chi connectivity index (χ2n) is 11.4. The van der Waals surface area contributed by atoms with Crippen LogP contribution in [-0.4, -0.2) is 41.7 Å². The molecule has 4 N–H and O–H groups in total. The molecular formula is C43H51N13O2. The molecule has 58 heavy (non-hydrogen) atoms. The lowest BCUT2D eigenvalue weighted by Crippen LogP contribution is -2.45. The van der Waals surface area contributed by atoms with Crippen LogP contribution in [0, 0.1) is 142 Å². The van der Waals surface area contributed by atoms with Gasteiger partial charge in [-0.2, -0.15) is 5.53 Å². The second kappa shape index (κ2) is 24.5. The molecule has 1 saturated heterocycles. The Morgan fingerprint density at radius 3 is 1.95 bits per heavy atom. The summed E-state index contributed by atoms with van der Waals surface area (Å²) in [7, 11) is 1.60. The van der Waals surface area contributed by atoms with E-state index >= 15 is 0 Å². The van der Waals surface area contributed by atoms with Gasteiger partial charge in [0.25, 0.3) is 5.91 Å². The first kappa shape index (κ1) is 43.6. The van der Waals surface area contributed by atoms with Crippen LogP contribution in [-0.2, 0) is 17.8 Å².